The van der Waals surface area contributed by atoms with Crippen LogP contribution in [0.4, 0.5) is 0 Å². The molecule has 2 radical (unpaired) electrons. The highest BCUT2D eigenvalue weighted by atomic mass is 16.2. The summed E-state index contributed by atoms with van der Waals surface area (Å²) in [6.07, 6.45) is 5.39. The second kappa shape index (κ2) is 7.49. The number of benzene rings is 1. The fraction of sp³-hybridized carbons (Fsp3) is 0.478. The van der Waals surface area contributed by atoms with E-state index in [1.807, 2.05) is 37.9 Å². The summed E-state index contributed by atoms with van der Waals surface area (Å²) < 4.78 is 1.72. The van der Waals surface area contributed by atoms with Crippen molar-refractivity contribution in [1.82, 2.24) is 14.4 Å². The fourth-order valence-corrected chi connectivity index (χ4v) is 4.96. The number of aromatic nitrogens is 1. The smallest absolute Gasteiger partial charge is 0.230 e. The van der Waals surface area contributed by atoms with Crippen molar-refractivity contribution in [2.24, 2.45) is 5.92 Å². The van der Waals surface area contributed by atoms with Crippen molar-refractivity contribution in [3.8, 4) is 0 Å². The zero-order valence-electron chi connectivity index (χ0n) is 17.7. The Bertz CT molecular complexity index is 1020. The number of rotatable bonds is 4. The van der Waals surface area contributed by atoms with Crippen LogP contribution in [0.15, 0.2) is 24.4 Å². The van der Waals surface area contributed by atoms with E-state index in [0.29, 0.717) is 18.4 Å². The van der Waals surface area contributed by atoms with Crippen molar-refractivity contribution >= 4 is 41.6 Å². The summed E-state index contributed by atoms with van der Waals surface area (Å²) in [5, 5.41) is 1.07. The molecule has 1 amide bonds. The van der Waals surface area contributed by atoms with E-state index in [1.165, 1.54) is 5.57 Å². The minimum atomic E-state index is -0.153. The molecule has 0 spiro atoms. The molecule has 150 valence electrons. The Labute approximate surface area is 173 Å². The number of carbonyl (C=O) groups is 2. The highest BCUT2D eigenvalue weighted by molar-refractivity contribution is 6.39. The Balaban J connectivity index is 1.87. The molecule has 0 saturated heterocycles. The molecule has 2 aliphatic rings. The Kier molecular flexibility index (Phi) is 5.15. The molecule has 1 aliphatic carbocycles. The third-order valence-corrected chi connectivity index (χ3v) is 6.50. The molecule has 1 unspecified atom stereocenters. The minimum Gasteiger partial charge on any atom is -0.343 e. The Morgan fingerprint density at radius 2 is 1.93 bits per heavy atom. The van der Waals surface area contributed by atoms with Crippen LogP contribution in [0, 0.1) is 5.92 Å². The van der Waals surface area contributed by atoms with Gasteiger partial charge in [0.25, 0.3) is 0 Å². The van der Waals surface area contributed by atoms with Gasteiger partial charge < -0.3 is 4.90 Å². The Morgan fingerprint density at radius 1 is 1.21 bits per heavy atom. The van der Waals surface area contributed by atoms with Crippen molar-refractivity contribution in [3.63, 3.8) is 0 Å². The van der Waals surface area contributed by atoms with E-state index in [9.17, 15) is 9.59 Å². The lowest BCUT2D eigenvalue weighted by Crippen LogP contribution is -2.47. The second-order valence-electron chi connectivity index (χ2n) is 8.10. The monoisotopic (exact) mass is 389 g/mol. The van der Waals surface area contributed by atoms with Gasteiger partial charge in [-0.3, -0.25) is 19.1 Å². The number of hydrogen-bond acceptors (Lipinski definition) is 3. The van der Waals surface area contributed by atoms with Crippen molar-refractivity contribution in [3.05, 3.63) is 35.5 Å². The first-order valence-corrected chi connectivity index (χ1v) is 10.6. The van der Waals surface area contributed by atoms with Crippen LogP contribution in [0.5, 0.6) is 0 Å². The van der Waals surface area contributed by atoms with Gasteiger partial charge in [-0.15, -0.1) is 0 Å². The molecule has 1 aromatic heterocycles. The van der Waals surface area contributed by atoms with E-state index in [4.69, 9.17) is 7.85 Å². The first-order valence-electron chi connectivity index (χ1n) is 10.6. The van der Waals surface area contributed by atoms with Gasteiger partial charge in [-0.05, 0) is 44.0 Å². The van der Waals surface area contributed by atoms with Gasteiger partial charge in [-0.1, -0.05) is 30.6 Å². The molecule has 1 aliphatic heterocycles. The fourth-order valence-electron chi connectivity index (χ4n) is 4.96. The number of nitrogens with zero attached hydrogens (tertiary/aromatic N) is 3. The third-order valence-electron chi connectivity index (χ3n) is 6.50. The Morgan fingerprint density at radius 3 is 2.59 bits per heavy atom. The summed E-state index contributed by atoms with van der Waals surface area (Å²) in [4.78, 5) is 29.8. The first-order chi connectivity index (χ1) is 13.9. The van der Waals surface area contributed by atoms with Gasteiger partial charge in [0, 0.05) is 49.2 Å². The van der Waals surface area contributed by atoms with Crippen LogP contribution in [0.3, 0.4) is 0 Å². The lowest BCUT2D eigenvalue weighted by Gasteiger charge is -2.40. The lowest BCUT2D eigenvalue weighted by molar-refractivity contribution is -0.134. The molecular weight excluding hydrogens is 361 g/mol. The highest BCUT2D eigenvalue weighted by Gasteiger charge is 2.37. The molecule has 5 nitrogen and oxygen atoms in total. The van der Waals surface area contributed by atoms with E-state index in [2.05, 4.69) is 24.1 Å². The van der Waals surface area contributed by atoms with Crippen molar-refractivity contribution < 1.29 is 9.59 Å². The summed E-state index contributed by atoms with van der Waals surface area (Å²) in [5.74, 6) is 0.0792. The van der Waals surface area contributed by atoms with Crippen LogP contribution in [-0.4, -0.2) is 66.8 Å². The van der Waals surface area contributed by atoms with Gasteiger partial charge >= 0.3 is 0 Å². The van der Waals surface area contributed by atoms with E-state index in [0.717, 1.165) is 41.5 Å². The van der Waals surface area contributed by atoms with Crippen LogP contribution >= 0.6 is 0 Å². The summed E-state index contributed by atoms with van der Waals surface area (Å²) in [5.41, 5.74) is 4.88. The molecule has 2 aromatic rings. The predicted molar refractivity (Wildman–Crippen MR) is 118 cm³/mol. The Hall–Kier alpha value is -2.34. The average molecular weight is 389 g/mol. The molecular formula is C23H28BN3O2. The molecule has 0 saturated carbocycles. The first kappa shape index (κ1) is 20.0. The van der Waals surface area contributed by atoms with Gasteiger partial charge in [0.2, 0.25) is 11.8 Å². The van der Waals surface area contributed by atoms with Crippen LogP contribution in [0.25, 0.3) is 16.5 Å². The maximum Gasteiger partial charge on any atom is 0.230 e. The minimum absolute atomic E-state index is 0.0480. The van der Waals surface area contributed by atoms with E-state index >= 15 is 0 Å². The molecule has 1 aromatic carbocycles. The molecule has 29 heavy (non-hydrogen) atoms. The van der Waals surface area contributed by atoms with Gasteiger partial charge in [0.15, 0.2) is 0 Å². The standard InChI is InChI=1S/C23H28BN3O2/c1-5-20(28)27-13-14-11-19-17(16-8-9-18(24)22(27)21(14)16)10-15(12-25(19)4)23(29)26(6-2)7-3/h8-10,13,15,19H,5-7,11-12H2,1-4H3/t15-,19?/m1/s1. The lowest BCUT2D eigenvalue weighted by atomic mass is 9.78. The number of fused-ring (bicyclic) bond motifs is 2. The number of hydrogen-bond donors (Lipinski definition) is 0. The zero-order chi connectivity index (χ0) is 20.9. The van der Waals surface area contributed by atoms with Gasteiger partial charge in [-0.2, -0.15) is 0 Å². The van der Waals surface area contributed by atoms with Crippen molar-refractivity contribution in [1.29, 1.82) is 0 Å². The van der Waals surface area contributed by atoms with Crippen LogP contribution in [0.2, 0.25) is 0 Å². The molecule has 0 bridgehead atoms. The van der Waals surface area contributed by atoms with Crippen molar-refractivity contribution in [2.75, 3.05) is 26.7 Å². The van der Waals surface area contributed by atoms with Gasteiger partial charge in [-0.25, -0.2) is 0 Å². The molecule has 4 rings (SSSR count). The quantitative estimate of drug-likeness (QED) is 0.754. The SMILES string of the molecule is [B]c1ccc2c3c(cn(C(=O)CC)c13)CC1C2=C[C@@H](C(=O)N(CC)CC)CN1C. The number of amides is 1. The van der Waals surface area contributed by atoms with E-state index < -0.39 is 0 Å². The average Bonchev–Trinajstić information content (AvgIpc) is 3.11. The summed E-state index contributed by atoms with van der Waals surface area (Å²) >= 11 is 0. The second-order valence-corrected chi connectivity index (χ2v) is 8.10. The van der Waals surface area contributed by atoms with Gasteiger partial charge in [0.05, 0.1) is 5.92 Å². The van der Waals surface area contributed by atoms with Gasteiger partial charge in [0.1, 0.15) is 7.85 Å². The third kappa shape index (κ3) is 3.05. The molecule has 0 fully saturated rings. The zero-order valence-corrected chi connectivity index (χ0v) is 17.7. The summed E-state index contributed by atoms with van der Waals surface area (Å²) in [7, 11) is 8.38. The number of likely N-dealkylation sites (N-methyl/N-ethyl adjacent to an activating group) is 1. The number of carbonyl (C=O) groups excluding carboxylic acids is 2. The maximum atomic E-state index is 13.0. The topological polar surface area (TPSA) is 45.6 Å². The van der Waals surface area contributed by atoms with Crippen molar-refractivity contribution in [2.45, 2.75) is 39.7 Å². The van der Waals surface area contributed by atoms with Crippen LogP contribution in [0.1, 0.15) is 43.1 Å². The molecule has 2 heterocycles. The van der Waals surface area contributed by atoms with E-state index in [1.54, 1.807) is 4.57 Å². The predicted octanol–water partition coefficient (Wildman–Crippen LogP) is 2.22. The van der Waals surface area contributed by atoms with E-state index in [-0.39, 0.29) is 23.8 Å². The molecule has 6 heteroatoms. The van der Waals surface area contributed by atoms with Crippen LogP contribution < -0.4 is 5.46 Å². The maximum absolute atomic E-state index is 13.0. The molecule has 0 N–H and O–H groups in total. The largest absolute Gasteiger partial charge is 0.343 e. The van der Waals surface area contributed by atoms with Crippen LogP contribution in [-0.2, 0) is 11.2 Å². The molecule has 2 atom stereocenters. The highest BCUT2D eigenvalue weighted by Crippen LogP contribution is 2.41. The normalized spacial score (nSPS) is 21.0. The summed E-state index contributed by atoms with van der Waals surface area (Å²) in [6, 6.07) is 4.15. The summed E-state index contributed by atoms with van der Waals surface area (Å²) in [6.45, 7) is 8.07.